The summed E-state index contributed by atoms with van der Waals surface area (Å²) in [5, 5.41) is 10.1. The van der Waals surface area contributed by atoms with Crippen molar-refractivity contribution in [3.05, 3.63) is 71.8 Å². The van der Waals surface area contributed by atoms with E-state index in [4.69, 9.17) is 4.74 Å². The van der Waals surface area contributed by atoms with Crippen LogP contribution in [0.2, 0.25) is 0 Å². The average molecular weight is 296 g/mol. The second-order valence-corrected chi connectivity index (χ2v) is 5.74. The molecule has 0 bridgehead atoms. The molecule has 2 aromatic carbocycles. The van der Waals surface area contributed by atoms with Crippen molar-refractivity contribution in [2.45, 2.75) is 37.4 Å². The molecule has 0 radical (unpaired) electrons. The number of carbonyl (C=O) groups is 1. The zero-order chi connectivity index (χ0) is 15.4. The highest BCUT2D eigenvalue weighted by atomic mass is 16.6. The van der Waals surface area contributed by atoms with Crippen LogP contribution in [0, 0.1) is 0 Å². The minimum Gasteiger partial charge on any atom is -0.460 e. The Morgan fingerprint density at radius 2 is 1.64 bits per heavy atom. The smallest absolute Gasteiger partial charge is 0.339 e. The lowest BCUT2D eigenvalue weighted by molar-refractivity contribution is -0.160. The molecule has 0 unspecified atom stereocenters. The first kappa shape index (κ1) is 14.8. The van der Waals surface area contributed by atoms with E-state index >= 15 is 0 Å². The van der Waals surface area contributed by atoms with Crippen LogP contribution in [0.25, 0.3) is 0 Å². The molecule has 0 amide bonds. The Balaban J connectivity index is 1.68. The monoisotopic (exact) mass is 296 g/mol. The summed E-state index contributed by atoms with van der Waals surface area (Å²) in [6.07, 6.45) is 1.56. The first-order chi connectivity index (χ1) is 10.8. The van der Waals surface area contributed by atoms with Crippen molar-refractivity contribution in [1.29, 1.82) is 0 Å². The highest BCUT2D eigenvalue weighted by Gasteiger charge is 2.33. The minimum atomic E-state index is -1.21. The van der Waals surface area contributed by atoms with Gasteiger partial charge in [0, 0.05) is 5.92 Å². The molecule has 3 heteroatoms. The molecule has 2 aromatic rings. The van der Waals surface area contributed by atoms with Crippen LogP contribution in [-0.4, -0.2) is 17.2 Å². The molecular weight excluding hydrogens is 276 g/mol. The fourth-order valence-corrected chi connectivity index (χ4v) is 3.13. The Bertz CT molecular complexity index is 609. The topological polar surface area (TPSA) is 46.5 Å². The zero-order valence-corrected chi connectivity index (χ0v) is 12.4. The van der Waals surface area contributed by atoms with Gasteiger partial charge in [-0.05, 0) is 30.4 Å². The molecule has 1 aliphatic carbocycles. The van der Waals surface area contributed by atoms with Gasteiger partial charge in [-0.15, -0.1) is 0 Å². The summed E-state index contributed by atoms with van der Waals surface area (Å²) >= 11 is 0. The Hall–Kier alpha value is -2.13. The van der Waals surface area contributed by atoms with Gasteiger partial charge in [-0.3, -0.25) is 0 Å². The van der Waals surface area contributed by atoms with E-state index in [2.05, 4.69) is 12.1 Å². The third-order valence-electron chi connectivity index (χ3n) is 4.29. The van der Waals surface area contributed by atoms with E-state index < -0.39 is 12.1 Å². The Morgan fingerprint density at radius 1 is 1.00 bits per heavy atom. The number of aliphatic hydroxyl groups excluding tert-OH is 1. The van der Waals surface area contributed by atoms with Crippen LogP contribution in [-0.2, 0) is 9.53 Å². The van der Waals surface area contributed by atoms with Crippen molar-refractivity contribution in [3.8, 4) is 0 Å². The molecular formula is C19H20O3. The van der Waals surface area contributed by atoms with Gasteiger partial charge in [0.2, 0.25) is 0 Å². The molecule has 3 nitrogen and oxygen atoms in total. The van der Waals surface area contributed by atoms with Gasteiger partial charge in [-0.1, -0.05) is 60.7 Å². The molecule has 3 rings (SSSR count). The first-order valence-electron chi connectivity index (χ1n) is 7.74. The molecule has 0 saturated heterocycles. The SMILES string of the molecule is O=C(O[C@@H]1CCC[C@@H]1c1ccccc1)[C@H](O)c1ccccc1. The maximum Gasteiger partial charge on any atom is 0.339 e. The van der Waals surface area contributed by atoms with E-state index in [1.807, 2.05) is 24.3 Å². The summed E-state index contributed by atoms with van der Waals surface area (Å²) in [6, 6.07) is 19.1. The van der Waals surface area contributed by atoms with Crippen molar-refractivity contribution < 1.29 is 14.6 Å². The van der Waals surface area contributed by atoms with E-state index in [0.717, 1.165) is 19.3 Å². The molecule has 0 heterocycles. The number of aliphatic hydroxyl groups is 1. The van der Waals surface area contributed by atoms with E-state index in [9.17, 15) is 9.90 Å². The van der Waals surface area contributed by atoms with Crippen molar-refractivity contribution >= 4 is 5.97 Å². The van der Waals surface area contributed by atoms with Crippen LogP contribution in [0.1, 0.15) is 42.4 Å². The van der Waals surface area contributed by atoms with Crippen LogP contribution < -0.4 is 0 Å². The second kappa shape index (κ2) is 6.75. The van der Waals surface area contributed by atoms with Crippen molar-refractivity contribution in [2.75, 3.05) is 0 Å². The van der Waals surface area contributed by atoms with Gasteiger partial charge in [0.1, 0.15) is 6.10 Å². The van der Waals surface area contributed by atoms with Crippen molar-refractivity contribution in [2.24, 2.45) is 0 Å². The lowest BCUT2D eigenvalue weighted by Gasteiger charge is -2.22. The quantitative estimate of drug-likeness (QED) is 0.877. The lowest BCUT2D eigenvalue weighted by atomic mass is 9.96. The van der Waals surface area contributed by atoms with Crippen LogP contribution >= 0.6 is 0 Å². The molecule has 1 N–H and O–H groups in total. The normalized spacial score (nSPS) is 22.2. The third-order valence-corrected chi connectivity index (χ3v) is 4.29. The van der Waals surface area contributed by atoms with Crippen molar-refractivity contribution in [3.63, 3.8) is 0 Å². The van der Waals surface area contributed by atoms with E-state index in [-0.39, 0.29) is 12.0 Å². The molecule has 22 heavy (non-hydrogen) atoms. The standard InChI is InChI=1S/C19H20O3/c20-18(15-10-5-2-6-11-15)19(21)22-17-13-7-12-16(17)14-8-3-1-4-9-14/h1-6,8-11,16-18,20H,7,12-13H2/t16-,17-,18-/m1/s1. The van der Waals surface area contributed by atoms with Gasteiger partial charge in [0.05, 0.1) is 0 Å². The van der Waals surface area contributed by atoms with E-state index in [1.54, 1.807) is 24.3 Å². The van der Waals surface area contributed by atoms with E-state index in [1.165, 1.54) is 5.56 Å². The zero-order valence-electron chi connectivity index (χ0n) is 12.4. The van der Waals surface area contributed by atoms with Crippen LogP contribution in [0.3, 0.4) is 0 Å². The highest BCUT2D eigenvalue weighted by Crippen LogP contribution is 2.37. The predicted molar refractivity (Wildman–Crippen MR) is 84.3 cm³/mol. The largest absolute Gasteiger partial charge is 0.460 e. The van der Waals surface area contributed by atoms with E-state index in [0.29, 0.717) is 5.56 Å². The fraction of sp³-hybridized carbons (Fsp3) is 0.316. The second-order valence-electron chi connectivity index (χ2n) is 5.74. The lowest BCUT2D eigenvalue weighted by Crippen LogP contribution is -2.25. The number of hydrogen-bond donors (Lipinski definition) is 1. The highest BCUT2D eigenvalue weighted by molar-refractivity contribution is 5.76. The third kappa shape index (κ3) is 3.20. The summed E-state index contributed by atoms with van der Waals surface area (Å²) < 4.78 is 5.61. The summed E-state index contributed by atoms with van der Waals surface area (Å²) in [5.41, 5.74) is 1.77. The molecule has 1 aliphatic rings. The van der Waals surface area contributed by atoms with Crippen LogP contribution in [0.5, 0.6) is 0 Å². The summed E-state index contributed by atoms with van der Waals surface area (Å²) in [6.45, 7) is 0. The average Bonchev–Trinajstić information content (AvgIpc) is 3.04. The maximum absolute atomic E-state index is 12.2. The fourth-order valence-electron chi connectivity index (χ4n) is 3.13. The molecule has 3 atom stereocenters. The van der Waals surface area contributed by atoms with Gasteiger partial charge < -0.3 is 9.84 Å². The Kier molecular flexibility index (Phi) is 4.54. The molecule has 0 aromatic heterocycles. The Morgan fingerprint density at radius 3 is 2.32 bits per heavy atom. The van der Waals surface area contributed by atoms with Crippen LogP contribution in [0.4, 0.5) is 0 Å². The minimum absolute atomic E-state index is 0.145. The Labute approximate surface area is 130 Å². The number of benzene rings is 2. The van der Waals surface area contributed by atoms with Crippen molar-refractivity contribution in [1.82, 2.24) is 0 Å². The number of ether oxygens (including phenoxy) is 1. The van der Waals surface area contributed by atoms with Gasteiger partial charge >= 0.3 is 5.97 Å². The molecule has 0 aliphatic heterocycles. The summed E-state index contributed by atoms with van der Waals surface area (Å²) in [5.74, 6) is -0.327. The molecule has 0 spiro atoms. The number of rotatable bonds is 4. The molecule has 1 fully saturated rings. The van der Waals surface area contributed by atoms with Crippen LogP contribution in [0.15, 0.2) is 60.7 Å². The summed E-state index contributed by atoms with van der Waals surface area (Å²) in [4.78, 5) is 12.2. The van der Waals surface area contributed by atoms with Gasteiger partial charge in [0.25, 0.3) is 0 Å². The molecule has 114 valence electrons. The van der Waals surface area contributed by atoms with Gasteiger partial charge in [-0.25, -0.2) is 4.79 Å². The number of esters is 1. The van der Waals surface area contributed by atoms with Gasteiger partial charge in [0.15, 0.2) is 6.10 Å². The number of hydrogen-bond acceptors (Lipinski definition) is 3. The number of carbonyl (C=O) groups excluding carboxylic acids is 1. The predicted octanol–water partition coefficient (Wildman–Crippen LogP) is 3.60. The molecule has 1 saturated carbocycles. The first-order valence-corrected chi connectivity index (χ1v) is 7.74. The maximum atomic E-state index is 12.2. The van der Waals surface area contributed by atoms with Gasteiger partial charge in [-0.2, -0.15) is 0 Å². The summed E-state index contributed by atoms with van der Waals surface area (Å²) in [7, 11) is 0.